The van der Waals surface area contributed by atoms with E-state index in [2.05, 4.69) is 45.5 Å². The molecule has 3 rings (SSSR count). The zero-order chi connectivity index (χ0) is 23.1. The highest BCUT2D eigenvalue weighted by atomic mass is 16.5. The Hall–Kier alpha value is -2.13. The summed E-state index contributed by atoms with van der Waals surface area (Å²) in [5.41, 5.74) is 7.41. The van der Waals surface area contributed by atoms with Gasteiger partial charge in [-0.15, -0.1) is 0 Å². The van der Waals surface area contributed by atoms with E-state index in [0.717, 1.165) is 38.8 Å². The molecule has 1 aliphatic heterocycles. The van der Waals surface area contributed by atoms with Crippen LogP contribution in [-0.2, 0) is 6.54 Å². The Kier molecular flexibility index (Phi) is 8.92. The van der Waals surface area contributed by atoms with E-state index in [4.69, 9.17) is 15.2 Å². The smallest absolute Gasteiger partial charge is 0.320 e. The maximum atomic E-state index is 6.16. The van der Waals surface area contributed by atoms with E-state index < -0.39 is 0 Å². The Morgan fingerprint density at radius 3 is 2.34 bits per heavy atom. The predicted octanol–water partition coefficient (Wildman–Crippen LogP) is 3.18. The molecule has 1 atom stereocenters. The number of fused-ring (bicyclic) bond motifs is 1. The third kappa shape index (κ3) is 6.22. The van der Waals surface area contributed by atoms with Gasteiger partial charge in [0, 0.05) is 38.8 Å². The number of imidazole rings is 1. The van der Waals surface area contributed by atoms with Crippen LogP contribution in [0.3, 0.4) is 0 Å². The highest BCUT2D eigenvalue weighted by Gasteiger charge is 2.20. The van der Waals surface area contributed by atoms with Crippen LogP contribution in [0.4, 0.5) is 5.82 Å². The first-order valence-electron chi connectivity index (χ1n) is 12.1. The molecule has 2 N–H and O–H groups in total. The molecule has 1 fully saturated rings. The second-order valence-electron chi connectivity index (χ2n) is 9.06. The van der Waals surface area contributed by atoms with Crippen LogP contribution >= 0.6 is 0 Å². The number of nitrogens with two attached hydrogens (primary N) is 1. The van der Waals surface area contributed by atoms with Gasteiger partial charge in [0.05, 0.1) is 13.2 Å². The molecule has 0 radical (unpaired) electrons. The van der Waals surface area contributed by atoms with Crippen LogP contribution in [0.1, 0.15) is 59.8 Å². The molecule has 3 heterocycles. The number of rotatable bonds is 12. The van der Waals surface area contributed by atoms with Crippen molar-refractivity contribution >= 4 is 17.0 Å². The SMILES string of the molecule is CCCC(C)Oc1nc(N)c2nc(OC)n(CCCCCN3CCN(C(C)C)CC3)c2n1. The number of hydrogen-bond acceptors (Lipinski definition) is 8. The molecule has 0 amide bonds. The van der Waals surface area contributed by atoms with E-state index in [1.807, 2.05) is 11.5 Å². The van der Waals surface area contributed by atoms with Crippen molar-refractivity contribution in [2.24, 2.45) is 0 Å². The number of ether oxygens (including phenoxy) is 2. The molecular formula is C23H41N7O2. The van der Waals surface area contributed by atoms with Crippen LogP contribution in [-0.4, -0.2) is 81.3 Å². The van der Waals surface area contributed by atoms with Gasteiger partial charge in [-0.3, -0.25) is 9.47 Å². The largest absolute Gasteiger partial charge is 0.468 e. The van der Waals surface area contributed by atoms with Gasteiger partial charge in [0.2, 0.25) is 0 Å². The van der Waals surface area contributed by atoms with Crippen LogP contribution in [0.5, 0.6) is 12.0 Å². The van der Waals surface area contributed by atoms with Gasteiger partial charge in [-0.05, 0) is 46.6 Å². The average Bonchev–Trinajstić information content (AvgIpc) is 3.12. The fraction of sp³-hybridized carbons (Fsp3) is 0.783. The molecule has 0 aromatic carbocycles. The second kappa shape index (κ2) is 11.7. The molecule has 0 spiro atoms. The minimum absolute atomic E-state index is 0.0394. The summed E-state index contributed by atoms with van der Waals surface area (Å²) in [4.78, 5) is 18.6. The number of aryl methyl sites for hydroxylation is 1. The zero-order valence-electron chi connectivity index (χ0n) is 20.5. The summed E-state index contributed by atoms with van der Waals surface area (Å²) in [5.74, 6) is 0.325. The molecule has 2 aromatic heterocycles. The third-order valence-electron chi connectivity index (χ3n) is 6.24. The minimum atomic E-state index is 0.0394. The van der Waals surface area contributed by atoms with Crippen LogP contribution < -0.4 is 15.2 Å². The first-order chi connectivity index (χ1) is 15.4. The normalized spacial score (nSPS) is 16.7. The predicted molar refractivity (Wildman–Crippen MR) is 128 cm³/mol. The first kappa shape index (κ1) is 24.5. The van der Waals surface area contributed by atoms with Crippen molar-refractivity contribution in [1.29, 1.82) is 0 Å². The van der Waals surface area contributed by atoms with Crippen molar-refractivity contribution in [1.82, 2.24) is 29.3 Å². The standard InChI is InChI=1S/C23H41N7O2/c1-6-10-18(4)32-22-26-20(24)19-21(27-22)30(23(25-19)31-5)12-9-7-8-11-28-13-15-29(16-14-28)17(2)3/h17-18H,6-16H2,1-5H3,(H2,24,26,27). The molecule has 32 heavy (non-hydrogen) atoms. The summed E-state index contributed by atoms with van der Waals surface area (Å²) in [6.45, 7) is 15.4. The van der Waals surface area contributed by atoms with Crippen molar-refractivity contribution < 1.29 is 9.47 Å². The molecule has 0 bridgehead atoms. The lowest BCUT2D eigenvalue weighted by Crippen LogP contribution is -2.48. The molecule has 9 heteroatoms. The fourth-order valence-corrected chi connectivity index (χ4v) is 4.32. The van der Waals surface area contributed by atoms with Crippen molar-refractivity contribution in [3.05, 3.63) is 0 Å². The molecule has 0 aliphatic carbocycles. The second-order valence-corrected chi connectivity index (χ2v) is 9.06. The molecule has 1 aliphatic rings. The van der Waals surface area contributed by atoms with Gasteiger partial charge >= 0.3 is 6.01 Å². The summed E-state index contributed by atoms with van der Waals surface area (Å²) in [5, 5.41) is 0. The van der Waals surface area contributed by atoms with Gasteiger partial charge in [0.25, 0.3) is 6.01 Å². The third-order valence-corrected chi connectivity index (χ3v) is 6.24. The number of hydrogen-bond donors (Lipinski definition) is 1. The van der Waals surface area contributed by atoms with Crippen LogP contribution in [0, 0.1) is 0 Å². The van der Waals surface area contributed by atoms with Crippen molar-refractivity contribution in [3.8, 4) is 12.0 Å². The van der Waals surface area contributed by atoms with Gasteiger partial charge in [-0.2, -0.15) is 15.0 Å². The number of methoxy groups -OCH3 is 1. The Morgan fingerprint density at radius 2 is 1.69 bits per heavy atom. The Labute approximate surface area is 192 Å². The quantitative estimate of drug-likeness (QED) is 0.496. The average molecular weight is 448 g/mol. The highest BCUT2D eigenvalue weighted by molar-refractivity contribution is 5.83. The number of nitrogen functional groups attached to an aromatic ring is 1. The summed E-state index contributed by atoms with van der Waals surface area (Å²) in [7, 11) is 1.62. The van der Waals surface area contributed by atoms with E-state index in [1.54, 1.807) is 7.11 Å². The molecular weight excluding hydrogens is 406 g/mol. The summed E-state index contributed by atoms with van der Waals surface area (Å²) < 4.78 is 13.4. The summed E-state index contributed by atoms with van der Waals surface area (Å²) in [6.07, 6.45) is 5.38. The maximum Gasteiger partial charge on any atom is 0.320 e. The van der Waals surface area contributed by atoms with E-state index in [1.165, 1.54) is 32.6 Å². The maximum absolute atomic E-state index is 6.16. The fourth-order valence-electron chi connectivity index (χ4n) is 4.32. The van der Waals surface area contributed by atoms with Crippen molar-refractivity contribution in [2.75, 3.05) is 45.6 Å². The van der Waals surface area contributed by atoms with Crippen LogP contribution in [0.15, 0.2) is 0 Å². The Bertz CT molecular complexity index is 846. The Balaban J connectivity index is 1.56. The van der Waals surface area contributed by atoms with Crippen molar-refractivity contribution in [2.45, 2.75) is 78.5 Å². The molecule has 0 saturated carbocycles. The first-order valence-corrected chi connectivity index (χ1v) is 12.1. The lowest BCUT2D eigenvalue weighted by molar-refractivity contribution is 0.107. The molecule has 1 saturated heterocycles. The number of anilines is 1. The van der Waals surface area contributed by atoms with Gasteiger partial charge in [0.15, 0.2) is 17.0 Å². The topological polar surface area (TPSA) is 94.6 Å². The minimum Gasteiger partial charge on any atom is -0.468 e. The monoisotopic (exact) mass is 447 g/mol. The molecule has 2 aromatic rings. The van der Waals surface area contributed by atoms with E-state index in [9.17, 15) is 0 Å². The van der Waals surface area contributed by atoms with E-state index >= 15 is 0 Å². The Morgan fingerprint density at radius 1 is 0.969 bits per heavy atom. The number of nitrogens with zero attached hydrogens (tertiary/aromatic N) is 6. The van der Waals surface area contributed by atoms with Crippen LogP contribution in [0.25, 0.3) is 11.2 Å². The number of unbranched alkanes of at least 4 members (excludes halogenated alkanes) is 2. The lowest BCUT2D eigenvalue weighted by Gasteiger charge is -2.36. The van der Waals surface area contributed by atoms with Gasteiger partial charge in [0.1, 0.15) is 0 Å². The van der Waals surface area contributed by atoms with E-state index in [0.29, 0.717) is 35.0 Å². The van der Waals surface area contributed by atoms with E-state index in [-0.39, 0.29) is 6.10 Å². The van der Waals surface area contributed by atoms with Gasteiger partial charge in [-0.1, -0.05) is 19.8 Å². The van der Waals surface area contributed by atoms with Gasteiger partial charge < -0.3 is 20.1 Å². The summed E-state index contributed by atoms with van der Waals surface area (Å²) >= 11 is 0. The highest BCUT2D eigenvalue weighted by Crippen LogP contribution is 2.26. The van der Waals surface area contributed by atoms with Crippen LogP contribution in [0.2, 0.25) is 0 Å². The molecule has 1 unspecified atom stereocenters. The number of piperazine rings is 1. The summed E-state index contributed by atoms with van der Waals surface area (Å²) in [6, 6.07) is 1.47. The zero-order valence-corrected chi connectivity index (χ0v) is 20.5. The molecule has 180 valence electrons. The van der Waals surface area contributed by atoms with Crippen molar-refractivity contribution in [3.63, 3.8) is 0 Å². The number of aromatic nitrogens is 4. The lowest BCUT2D eigenvalue weighted by atomic mass is 10.2. The molecule has 9 nitrogen and oxygen atoms in total. The van der Waals surface area contributed by atoms with Gasteiger partial charge in [-0.25, -0.2) is 0 Å².